The lowest BCUT2D eigenvalue weighted by Crippen LogP contribution is -2.30. The summed E-state index contributed by atoms with van der Waals surface area (Å²) >= 11 is 0. The van der Waals surface area contributed by atoms with Crippen molar-refractivity contribution in [1.82, 2.24) is 4.90 Å². The summed E-state index contributed by atoms with van der Waals surface area (Å²) in [5.41, 5.74) is 1.42. The zero-order chi connectivity index (χ0) is 18.9. The van der Waals surface area contributed by atoms with Crippen LogP contribution in [0.4, 0.5) is 4.39 Å². The van der Waals surface area contributed by atoms with Crippen molar-refractivity contribution < 1.29 is 18.7 Å². The first-order valence-electron chi connectivity index (χ1n) is 8.75. The van der Waals surface area contributed by atoms with E-state index < -0.39 is 0 Å². The Morgan fingerprint density at radius 1 is 1.12 bits per heavy atom. The van der Waals surface area contributed by atoms with Crippen LogP contribution in [-0.2, 0) is 11.3 Å². The lowest BCUT2D eigenvalue weighted by atomic mass is 10.1. The molecule has 0 bridgehead atoms. The second-order valence-corrected chi connectivity index (χ2v) is 6.07. The molecule has 0 aliphatic rings. The maximum Gasteiger partial charge on any atom is 0.222 e. The predicted molar refractivity (Wildman–Crippen MR) is 98.7 cm³/mol. The minimum Gasteiger partial charge on any atom is -0.494 e. The molecule has 0 aliphatic carbocycles. The van der Waals surface area contributed by atoms with E-state index in [-0.39, 0.29) is 17.5 Å². The summed E-state index contributed by atoms with van der Waals surface area (Å²) in [4.78, 5) is 25.3. The SMILES string of the molecule is CCN(Cc1cccc(F)c1)C(=O)CCCOc1ccc(C(C)=O)cc1. The van der Waals surface area contributed by atoms with Crippen LogP contribution in [0.2, 0.25) is 0 Å². The average Bonchev–Trinajstić information content (AvgIpc) is 2.63. The molecular formula is C21H24FNO3. The smallest absolute Gasteiger partial charge is 0.222 e. The van der Waals surface area contributed by atoms with Crippen molar-refractivity contribution in [2.24, 2.45) is 0 Å². The zero-order valence-electron chi connectivity index (χ0n) is 15.2. The molecule has 0 aliphatic heterocycles. The third kappa shape index (κ3) is 5.99. The fourth-order valence-corrected chi connectivity index (χ4v) is 2.59. The molecule has 0 saturated heterocycles. The van der Waals surface area contributed by atoms with E-state index in [2.05, 4.69) is 0 Å². The van der Waals surface area contributed by atoms with Gasteiger partial charge in [-0.05, 0) is 62.2 Å². The minimum atomic E-state index is -0.296. The standard InChI is InChI=1S/C21H24FNO3/c1-3-23(15-17-6-4-7-19(22)14-17)21(25)8-5-13-26-20-11-9-18(10-12-20)16(2)24/h4,6-7,9-12,14H,3,5,8,13,15H2,1-2H3. The molecule has 0 heterocycles. The van der Waals surface area contributed by atoms with Gasteiger partial charge in [-0.3, -0.25) is 9.59 Å². The largest absolute Gasteiger partial charge is 0.494 e. The Bertz CT molecular complexity index is 743. The van der Waals surface area contributed by atoms with E-state index in [1.165, 1.54) is 19.1 Å². The second kappa shape index (κ2) is 9.70. The highest BCUT2D eigenvalue weighted by Gasteiger charge is 2.12. The summed E-state index contributed by atoms with van der Waals surface area (Å²) in [6.07, 6.45) is 0.960. The number of carbonyl (C=O) groups excluding carboxylic acids is 2. The Hall–Kier alpha value is -2.69. The molecule has 0 unspecified atom stereocenters. The summed E-state index contributed by atoms with van der Waals surface area (Å²) in [5.74, 6) is 0.414. The molecule has 2 aromatic rings. The highest BCUT2D eigenvalue weighted by molar-refractivity contribution is 5.94. The maximum atomic E-state index is 13.3. The van der Waals surface area contributed by atoms with Crippen LogP contribution in [0.1, 0.15) is 42.6 Å². The van der Waals surface area contributed by atoms with Gasteiger partial charge in [0.25, 0.3) is 0 Å². The molecule has 0 N–H and O–H groups in total. The number of nitrogens with zero attached hydrogens (tertiary/aromatic N) is 1. The lowest BCUT2D eigenvalue weighted by Gasteiger charge is -2.21. The molecule has 0 saturated carbocycles. The van der Waals surface area contributed by atoms with Gasteiger partial charge in [0, 0.05) is 25.1 Å². The first-order valence-corrected chi connectivity index (χ1v) is 8.75. The summed E-state index contributed by atoms with van der Waals surface area (Å²) in [6.45, 7) is 4.82. The van der Waals surface area contributed by atoms with Crippen molar-refractivity contribution in [3.8, 4) is 5.75 Å². The van der Waals surface area contributed by atoms with Crippen LogP contribution in [0.25, 0.3) is 0 Å². The number of rotatable bonds is 9. The molecule has 4 nitrogen and oxygen atoms in total. The topological polar surface area (TPSA) is 46.6 Å². The number of halogens is 1. The fraction of sp³-hybridized carbons (Fsp3) is 0.333. The quantitative estimate of drug-likeness (QED) is 0.498. The van der Waals surface area contributed by atoms with E-state index in [9.17, 15) is 14.0 Å². The molecule has 0 aromatic heterocycles. The molecule has 0 radical (unpaired) electrons. The molecule has 0 spiro atoms. The van der Waals surface area contributed by atoms with Crippen LogP contribution in [0.3, 0.4) is 0 Å². The van der Waals surface area contributed by atoms with E-state index in [1.54, 1.807) is 35.2 Å². The van der Waals surface area contributed by atoms with Gasteiger partial charge in [-0.2, -0.15) is 0 Å². The number of Topliss-reactive ketones (excluding diaryl/α,β-unsaturated/α-hetero) is 1. The van der Waals surface area contributed by atoms with Gasteiger partial charge in [-0.1, -0.05) is 12.1 Å². The van der Waals surface area contributed by atoms with Crippen LogP contribution < -0.4 is 4.74 Å². The number of ether oxygens (including phenoxy) is 1. The number of hydrogen-bond donors (Lipinski definition) is 0. The zero-order valence-corrected chi connectivity index (χ0v) is 15.2. The third-order valence-corrected chi connectivity index (χ3v) is 4.06. The Kier molecular flexibility index (Phi) is 7.33. The van der Waals surface area contributed by atoms with Gasteiger partial charge in [0.2, 0.25) is 5.91 Å². The number of amides is 1. The monoisotopic (exact) mass is 357 g/mol. The first kappa shape index (κ1) is 19.6. The third-order valence-electron chi connectivity index (χ3n) is 4.06. The van der Waals surface area contributed by atoms with Gasteiger partial charge in [0.05, 0.1) is 6.61 Å². The molecular weight excluding hydrogens is 333 g/mol. The number of carbonyl (C=O) groups is 2. The summed E-state index contributed by atoms with van der Waals surface area (Å²) in [6, 6.07) is 13.2. The van der Waals surface area contributed by atoms with Gasteiger partial charge >= 0.3 is 0 Å². The number of benzene rings is 2. The molecule has 1 amide bonds. The summed E-state index contributed by atoms with van der Waals surface area (Å²) < 4.78 is 18.9. The Morgan fingerprint density at radius 3 is 2.46 bits per heavy atom. The first-order chi connectivity index (χ1) is 12.5. The molecule has 138 valence electrons. The van der Waals surface area contributed by atoms with Gasteiger partial charge in [0.1, 0.15) is 11.6 Å². The molecule has 26 heavy (non-hydrogen) atoms. The predicted octanol–water partition coefficient (Wildman–Crippen LogP) is 4.24. The van der Waals surface area contributed by atoms with Crippen molar-refractivity contribution in [1.29, 1.82) is 0 Å². The van der Waals surface area contributed by atoms with E-state index in [1.807, 2.05) is 13.0 Å². The molecule has 2 aromatic carbocycles. The van der Waals surface area contributed by atoms with Gasteiger partial charge in [-0.25, -0.2) is 4.39 Å². The minimum absolute atomic E-state index is 0.0140. The van der Waals surface area contributed by atoms with Crippen molar-refractivity contribution in [2.75, 3.05) is 13.2 Å². The van der Waals surface area contributed by atoms with E-state index in [0.29, 0.717) is 43.9 Å². The summed E-state index contributed by atoms with van der Waals surface area (Å²) in [7, 11) is 0. The molecule has 2 rings (SSSR count). The molecule has 0 fully saturated rings. The number of ketones is 1. The lowest BCUT2D eigenvalue weighted by molar-refractivity contribution is -0.131. The van der Waals surface area contributed by atoms with E-state index in [0.717, 1.165) is 5.56 Å². The Balaban J connectivity index is 1.76. The van der Waals surface area contributed by atoms with Crippen molar-refractivity contribution in [2.45, 2.75) is 33.2 Å². The highest BCUT2D eigenvalue weighted by atomic mass is 19.1. The summed E-state index contributed by atoms with van der Waals surface area (Å²) in [5, 5.41) is 0. The van der Waals surface area contributed by atoms with Crippen LogP contribution in [-0.4, -0.2) is 29.7 Å². The Morgan fingerprint density at radius 2 is 1.85 bits per heavy atom. The average molecular weight is 357 g/mol. The van der Waals surface area contributed by atoms with Crippen LogP contribution in [0, 0.1) is 5.82 Å². The molecule has 5 heteroatoms. The van der Waals surface area contributed by atoms with E-state index in [4.69, 9.17) is 4.74 Å². The maximum absolute atomic E-state index is 13.3. The van der Waals surface area contributed by atoms with Crippen molar-refractivity contribution in [3.05, 3.63) is 65.5 Å². The van der Waals surface area contributed by atoms with Crippen molar-refractivity contribution in [3.63, 3.8) is 0 Å². The highest BCUT2D eigenvalue weighted by Crippen LogP contribution is 2.14. The Labute approximate surface area is 153 Å². The van der Waals surface area contributed by atoms with E-state index >= 15 is 0 Å². The van der Waals surface area contributed by atoms with Gasteiger partial charge < -0.3 is 9.64 Å². The van der Waals surface area contributed by atoms with Crippen LogP contribution >= 0.6 is 0 Å². The van der Waals surface area contributed by atoms with Crippen molar-refractivity contribution >= 4 is 11.7 Å². The van der Waals surface area contributed by atoms with Gasteiger partial charge in [-0.15, -0.1) is 0 Å². The molecule has 0 atom stereocenters. The normalized spacial score (nSPS) is 10.4. The number of hydrogen-bond acceptors (Lipinski definition) is 3. The van der Waals surface area contributed by atoms with Crippen LogP contribution in [0.15, 0.2) is 48.5 Å². The second-order valence-electron chi connectivity index (χ2n) is 6.07. The fourth-order valence-electron chi connectivity index (χ4n) is 2.59. The van der Waals surface area contributed by atoms with Crippen LogP contribution in [0.5, 0.6) is 5.75 Å². The van der Waals surface area contributed by atoms with Gasteiger partial charge in [0.15, 0.2) is 5.78 Å².